The van der Waals surface area contributed by atoms with Gasteiger partial charge >= 0.3 is 0 Å². The summed E-state index contributed by atoms with van der Waals surface area (Å²) in [6.45, 7) is 0. The number of aromatic nitrogens is 2. The highest BCUT2D eigenvalue weighted by Crippen LogP contribution is 2.26. The van der Waals surface area contributed by atoms with Crippen molar-refractivity contribution < 1.29 is 4.79 Å². The molecule has 1 heterocycles. The third kappa shape index (κ3) is 5.08. The van der Waals surface area contributed by atoms with E-state index in [1.165, 1.54) is 12.0 Å². The SMILES string of the molecule is O=C(NC(Cc1ccccc1)c1cc(-c2ccccc2)ncn1)C1CCCCC1. The van der Waals surface area contributed by atoms with E-state index in [0.29, 0.717) is 6.42 Å². The normalized spacial score (nSPS) is 15.6. The smallest absolute Gasteiger partial charge is 0.223 e. The summed E-state index contributed by atoms with van der Waals surface area (Å²) in [6.07, 6.45) is 7.82. The summed E-state index contributed by atoms with van der Waals surface area (Å²) >= 11 is 0. The number of nitrogens with zero attached hydrogens (tertiary/aromatic N) is 2. The summed E-state index contributed by atoms with van der Waals surface area (Å²) < 4.78 is 0. The van der Waals surface area contributed by atoms with Gasteiger partial charge in [-0.05, 0) is 30.9 Å². The summed E-state index contributed by atoms with van der Waals surface area (Å²) in [7, 11) is 0. The number of carbonyl (C=O) groups excluding carboxylic acids is 1. The summed E-state index contributed by atoms with van der Waals surface area (Å²) in [5, 5.41) is 3.30. The quantitative estimate of drug-likeness (QED) is 0.640. The first-order valence-electron chi connectivity index (χ1n) is 10.5. The van der Waals surface area contributed by atoms with Crippen molar-refractivity contribution >= 4 is 5.91 Å². The highest BCUT2D eigenvalue weighted by Gasteiger charge is 2.25. The predicted molar refractivity (Wildman–Crippen MR) is 115 cm³/mol. The molecule has 0 saturated heterocycles. The summed E-state index contributed by atoms with van der Waals surface area (Å²) in [5.41, 5.74) is 3.96. The fourth-order valence-corrected chi connectivity index (χ4v) is 4.06. The van der Waals surface area contributed by atoms with Gasteiger partial charge in [0.25, 0.3) is 0 Å². The maximum absolute atomic E-state index is 13.0. The molecule has 1 fully saturated rings. The van der Waals surface area contributed by atoms with Gasteiger partial charge in [0.15, 0.2) is 0 Å². The molecule has 1 aliphatic rings. The molecule has 4 heteroatoms. The number of amides is 1. The van der Waals surface area contributed by atoms with Crippen LogP contribution in [0.5, 0.6) is 0 Å². The molecule has 1 aliphatic carbocycles. The van der Waals surface area contributed by atoms with E-state index in [4.69, 9.17) is 0 Å². The van der Waals surface area contributed by atoms with Crippen molar-refractivity contribution in [3.05, 3.63) is 84.3 Å². The summed E-state index contributed by atoms with van der Waals surface area (Å²) in [5.74, 6) is 0.281. The second-order valence-electron chi connectivity index (χ2n) is 7.78. The molecule has 3 aromatic rings. The van der Waals surface area contributed by atoms with Crippen LogP contribution in [0.4, 0.5) is 0 Å². The van der Waals surface area contributed by atoms with E-state index < -0.39 is 0 Å². The highest BCUT2D eigenvalue weighted by molar-refractivity contribution is 5.79. The van der Waals surface area contributed by atoms with Gasteiger partial charge in [0, 0.05) is 11.5 Å². The van der Waals surface area contributed by atoms with Gasteiger partial charge in [-0.25, -0.2) is 9.97 Å². The van der Waals surface area contributed by atoms with Gasteiger partial charge in [-0.1, -0.05) is 79.9 Å². The van der Waals surface area contributed by atoms with Crippen LogP contribution in [0.2, 0.25) is 0 Å². The van der Waals surface area contributed by atoms with Crippen molar-refractivity contribution in [2.75, 3.05) is 0 Å². The molecule has 1 atom stereocenters. The Bertz CT molecular complexity index is 921. The zero-order valence-electron chi connectivity index (χ0n) is 16.6. The van der Waals surface area contributed by atoms with E-state index in [0.717, 1.165) is 42.6 Å². The minimum Gasteiger partial charge on any atom is -0.347 e. The first-order valence-corrected chi connectivity index (χ1v) is 10.5. The number of hydrogen-bond acceptors (Lipinski definition) is 3. The fraction of sp³-hybridized carbons (Fsp3) is 0.320. The van der Waals surface area contributed by atoms with Crippen molar-refractivity contribution in [1.29, 1.82) is 0 Å². The molecule has 29 heavy (non-hydrogen) atoms. The lowest BCUT2D eigenvalue weighted by Crippen LogP contribution is -2.36. The van der Waals surface area contributed by atoms with E-state index in [-0.39, 0.29) is 17.9 Å². The Morgan fingerprint density at radius 3 is 2.34 bits per heavy atom. The molecular weight excluding hydrogens is 358 g/mol. The third-order valence-electron chi connectivity index (χ3n) is 5.69. The molecule has 1 amide bonds. The first kappa shape index (κ1) is 19.3. The van der Waals surface area contributed by atoms with Crippen LogP contribution in [-0.4, -0.2) is 15.9 Å². The van der Waals surface area contributed by atoms with Gasteiger partial charge in [0.2, 0.25) is 5.91 Å². The molecule has 148 valence electrons. The number of nitrogens with one attached hydrogen (secondary N) is 1. The fourth-order valence-electron chi connectivity index (χ4n) is 4.06. The van der Waals surface area contributed by atoms with E-state index in [1.54, 1.807) is 6.33 Å². The van der Waals surface area contributed by atoms with Gasteiger partial charge in [0.1, 0.15) is 6.33 Å². The lowest BCUT2D eigenvalue weighted by Gasteiger charge is -2.25. The number of hydrogen-bond donors (Lipinski definition) is 1. The highest BCUT2D eigenvalue weighted by atomic mass is 16.1. The molecule has 1 saturated carbocycles. The second-order valence-corrected chi connectivity index (χ2v) is 7.78. The number of benzene rings is 2. The van der Waals surface area contributed by atoms with Crippen molar-refractivity contribution in [2.24, 2.45) is 5.92 Å². The average Bonchev–Trinajstić information content (AvgIpc) is 2.80. The molecule has 0 spiro atoms. The molecule has 0 radical (unpaired) electrons. The van der Waals surface area contributed by atoms with Crippen LogP contribution in [0.3, 0.4) is 0 Å². The molecule has 1 unspecified atom stereocenters. The summed E-state index contributed by atoms with van der Waals surface area (Å²) in [4.78, 5) is 22.0. The first-order chi connectivity index (χ1) is 14.3. The minimum atomic E-state index is -0.169. The topological polar surface area (TPSA) is 54.9 Å². The Morgan fingerprint density at radius 2 is 1.62 bits per heavy atom. The lowest BCUT2D eigenvalue weighted by atomic mass is 9.88. The Labute approximate surface area is 172 Å². The Morgan fingerprint density at radius 1 is 0.931 bits per heavy atom. The molecule has 2 aromatic carbocycles. The van der Waals surface area contributed by atoms with E-state index >= 15 is 0 Å². The Kier molecular flexibility index (Phi) is 6.30. The van der Waals surface area contributed by atoms with Crippen LogP contribution in [0.15, 0.2) is 73.1 Å². The van der Waals surface area contributed by atoms with Crippen LogP contribution in [0.25, 0.3) is 11.3 Å². The maximum Gasteiger partial charge on any atom is 0.223 e. The minimum absolute atomic E-state index is 0.123. The van der Waals surface area contributed by atoms with Crippen LogP contribution < -0.4 is 5.32 Å². The van der Waals surface area contributed by atoms with Gasteiger partial charge in [-0.3, -0.25) is 4.79 Å². The molecule has 0 aliphatic heterocycles. The third-order valence-corrected chi connectivity index (χ3v) is 5.69. The van der Waals surface area contributed by atoms with Crippen molar-refractivity contribution in [3.63, 3.8) is 0 Å². The molecule has 4 rings (SSSR count). The van der Waals surface area contributed by atoms with Gasteiger partial charge in [-0.2, -0.15) is 0 Å². The van der Waals surface area contributed by atoms with E-state index in [9.17, 15) is 4.79 Å². The van der Waals surface area contributed by atoms with Gasteiger partial charge in [-0.15, -0.1) is 0 Å². The monoisotopic (exact) mass is 385 g/mol. The van der Waals surface area contributed by atoms with Crippen LogP contribution in [0, 0.1) is 5.92 Å². The van der Waals surface area contributed by atoms with Crippen LogP contribution in [0.1, 0.15) is 49.4 Å². The van der Waals surface area contributed by atoms with Crippen molar-refractivity contribution in [1.82, 2.24) is 15.3 Å². The average molecular weight is 386 g/mol. The lowest BCUT2D eigenvalue weighted by molar-refractivity contribution is -0.126. The molecule has 4 nitrogen and oxygen atoms in total. The summed E-state index contributed by atoms with van der Waals surface area (Å²) in [6, 6.07) is 22.2. The van der Waals surface area contributed by atoms with Gasteiger partial charge in [0.05, 0.1) is 17.4 Å². The van der Waals surface area contributed by atoms with E-state index in [1.807, 2.05) is 54.6 Å². The predicted octanol–water partition coefficient (Wildman–Crippen LogP) is 5.12. The van der Waals surface area contributed by atoms with Crippen LogP contribution in [-0.2, 0) is 11.2 Å². The van der Waals surface area contributed by atoms with Gasteiger partial charge < -0.3 is 5.32 Å². The largest absolute Gasteiger partial charge is 0.347 e. The molecule has 0 bridgehead atoms. The zero-order valence-corrected chi connectivity index (χ0v) is 16.6. The van der Waals surface area contributed by atoms with Crippen molar-refractivity contribution in [2.45, 2.75) is 44.6 Å². The van der Waals surface area contributed by atoms with Crippen LogP contribution >= 0.6 is 0 Å². The standard InChI is InChI=1S/C25H27N3O/c29-25(21-14-8-3-9-15-21)28-24(16-19-10-4-1-5-11-19)23-17-22(26-18-27-23)20-12-6-2-7-13-20/h1-2,4-7,10-13,17-18,21,24H,3,8-9,14-16H2,(H,28,29). The Balaban J connectivity index is 1.60. The van der Waals surface area contributed by atoms with Crippen molar-refractivity contribution in [3.8, 4) is 11.3 Å². The maximum atomic E-state index is 13.0. The zero-order chi connectivity index (χ0) is 19.9. The molecule has 1 N–H and O–H groups in total. The second kappa shape index (κ2) is 9.46. The Hall–Kier alpha value is -3.01. The number of carbonyl (C=O) groups is 1. The molecular formula is C25H27N3O. The van der Waals surface area contributed by atoms with E-state index in [2.05, 4.69) is 27.4 Å². The number of rotatable bonds is 6. The molecule has 1 aromatic heterocycles.